The highest BCUT2D eigenvalue weighted by Crippen LogP contribution is 2.37. The molecule has 1 saturated carbocycles. The summed E-state index contributed by atoms with van der Waals surface area (Å²) in [5, 5.41) is 24.6. The van der Waals surface area contributed by atoms with Crippen molar-refractivity contribution in [3.05, 3.63) is 0 Å². The summed E-state index contributed by atoms with van der Waals surface area (Å²) in [6.07, 6.45) is -1.92. The fourth-order valence-electron chi connectivity index (χ4n) is 7.84. The molecule has 1 aliphatic carbocycles. The average Bonchev–Trinajstić information content (AvgIpc) is 3.66. The van der Waals surface area contributed by atoms with Gasteiger partial charge in [-0.25, -0.2) is 4.79 Å². The van der Waals surface area contributed by atoms with Gasteiger partial charge in [0.1, 0.15) is 18.1 Å². The predicted molar refractivity (Wildman–Crippen MR) is 175 cm³/mol. The van der Waals surface area contributed by atoms with Crippen LogP contribution in [0.15, 0.2) is 0 Å². The molecule has 0 radical (unpaired) electrons. The Labute approximate surface area is 280 Å². The molecule has 15 atom stereocenters. The lowest BCUT2D eigenvalue weighted by Crippen LogP contribution is -2.60. The number of carbonyl (C=O) groups excluding carboxylic acids is 3. The van der Waals surface area contributed by atoms with Crippen LogP contribution in [0.3, 0.4) is 0 Å². The normalized spacial score (nSPS) is 46.8. The zero-order valence-electron chi connectivity index (χ0n) is 30.0. The van der Waals surface area contributed by atoms with Crippen molar-refractivity contribution in [1.82, 2.24) is 21.3 Å². The summed E-state index contributed by atoms with van der Waals surface area (Å²) in [5.74, 6) is -2.40. The molecule has 0 aromatic carbocycles. The molecular formula is C34H60N4O9. The number of fused-ring (bicyclic) bond motifs is 1. The fourth-order valence-corrected chi connectivity index (χ4v) is 7.84. The number of hydrogen-bond donors (Lipinski definition) is 5. The van der Waals surface area contributed by atoms with Gasteiger partial charge in [0.25, 0.3) is 0 Å². The van der Waals surface area contributed by atoms with Crippen molar-refractivity contribution in [2.75, 3.05) is 27.2 Å². The van der Waals surface area contributed by atoms with Crippen LogP contribution in [0.1, 0.15) is 81.1 Å². The molecule has 1 amide bonds. The number of aliphatic hydroxyl groups excluding tert-OH is 1. The number of amides is 1. The first-order valence-electron chi connectivity index (χ1n) is 17.5. The third kappa shape index (κ3) is 8.30. The molecule has 13 nitrogen and oxygen atoms in total. The first kappa shape index (κ1) is 37.9. The van der Waals surface area contributed by atoms with Crippen LogP contribution >= 0.6 is 0 Å². The van der Waals surface area contributed by atoms with Crippen molar-refractivity contribution in [1.29, 1.82) is 0 Å². The number of cyclic esters (lactones) is 1. The molecule has 3 saturated heterocycles. The van der Waals surface area contributed by atoms with Crippen molar-refractivity contribution in [2.45, 2.75) is 147 Å². The van der Waals surface area contributed by atoms with E-state index in [1.165, 1.54) is 6.92 Å². The van der Waals surface area contributed by atoms with Crippen molar-refractivity contribution in [3.8, 4) is 0 Å². The second kappa shape index (κ2) is 15.3. The molecular weight excluding hydrogens is 608 g/mol. The summed E-state index contributed by atoms with van der Waals surface area (Å²) in [6, 6.07) is -0.547. The summed E-state index contributed by atoms with van der Waals surface area (Å²) >= 11 is 0. The molecule has 3 heterocycles. The Morgan fingerprint density at radius 1 is 1.06 bits per heavy atom. The second-order valence-electron chi connectivity index (χ2n) is 15.0. The Bertz CT molecular complexity index is 1110. The number of aliphatic hydroxyl groups is 1. The molecule has 47 heavy (non-hydrogen) atoms. The van der Waals surface area contributed by atoms with Crippen LogP contribution in [-0.4, -0.2) is 116 Å². The minimum Gasteiger partial charge on any atom is -0.458 e. The van der Waals surface area contributed by atoms with Gasteiger partial charge in [-0.3, -0.25) is 9.59 Å². The van der Waals surface area contributed by atoms with Gasteiger partial charge < -0.3 is 50.1 Å². The van der Waals surface area contributed by atoms with Crippen LogP contribution in [-0.2, 0) is 33.3 Å². The summed E-state index contributed by atoms with van der Waals surface area (Å²) in [5.41, 5.74) is -2.17. The van der Waals surface area contributed by atoms with Crippen LogP contribution < -0.4 is 21.3 Å². The van der Waals surface area contributed by atoms with Gasteiger partial charge in [-0.1, -0.05) is 27.7 Å². The maximum Gasteiger partial charge on any atom is 0.408 e. The first-order chi connectivity index (χ1) is 22.1. The van der Waals surface area contributed by atoms with Crippen molar-refractivity contribution >= 4 is 17.8 Å². The van der Waals surface area contributed by atoms with E-state index in [-0.39, 0.29) is 29.9 Å². The van der Waals surface area contributed by atoms with Gasteiger partial charge in [0.05, 0.1) is 23.9 Å². The molecule has 3 aliphatic heterocycles. The topological polar surface area (TPSA) is 166 Å². The highest BCUT2D eigenvalue weighted by atomic mass is 16.7. The molecule has 5 N–H and O–H groups in total. The van der Waals surface area contributed by atoms with Crippen LogP contribution in [0.4, 0.5) is 4.79 Å². The number of nitrogens with one attached hydrogen (secondary N) is 4. The van der Waals surface area contributed by atoms with Crippen LogP contribution in [0, 0.1) is 23.7 Å². The fraction of sp³-hybridized carbons (Fsp3) is 0.912. The van der Waals surface area contributed by atoms with Gasteiger partial charge >= 0.3 is 12.1 Å². The minimum absolute atomic E-state index is 0.0298. The smallest absolute Gasteiger partial charge is 0.408 e. The quantitative estimate of drug-likeness (QED) is 0.189. The van der Waals surface area contributed by atoms with Gasteiger partial charge in [-0.05, 0) is 78.8 Å². The number of Topliss-reactive ketones (excluding diaryl/α,β-unsaturated/α-hetero) is 1. The molecule has 0 bridgehead atoms. The highest BCUT2D eigenvalue weighted by Gasteiger charge is 2.55. The van der Waals surface area contributed by atoms with Crippen LogP contribution in [0.2, 0.25) is 0 Å². The summed E-state index contributed by atoms with van der Waals surface area (Å²) in [6.45, 7) is 16.2. The zero-order chi connectivity index (χ0) is 34.8. The Balaban J connectivity index is 1.65. The van der Waals surface area contributed by atoms with E-state index >= 15 is 0 Å². The van der Waals surface area contributed by atoms with Gasteiger partial charge in [-0.2, -0.15) is 0 Å². The van der Waals surface area contributed by atoms with E-state index in [1.54, 1.807) is 28.0 Å². The van der Waals surface area contributed by atoms with E-state index in [1.807, 2.05) is 20.8 Å². The third-order valence-electron chi connectivity index (χ3n) is 11.2. The summed E-state index contributed by atoms with van der Waals surface area (Å²) < 4.78 is 31.0. The van der Waals surface area contributed by atoms with Crippen molar-refractivity contribution < 1.29 is 43.2 Å². The number of ether oxygens (including phenoxy) is 5. The van der Waals surface area contributed by atoms with Gasteiger partial charge in [-0.15, -0.1) is 0 Å². The molecule has 4 rings (SSSR count). The molecule has 13 heteroatoms. The molecule has 4 fully saturated rings. The van der Waals surface area contributed by atoms with Gasteiger partial charge in [0.15, 0.2) is 17.7 Å². The number of likely N-dealkylation sites (N-methyl/N-ethyl adjacent to an activating group) is 1. The summed E-state index contributed by atoms with van der Waals surface area (Å²) in [4.78, 5) is 40.2. The highest BCUT2D eigenvalue weighted by molar-refractivity contribution is 6.00. The first-order valence-corrected chi connectivity index (χ1v) is 17.5. The minimum atomic E-state index is -1.15. The van der Waals surface area contributed by atoms with Gasteiger partial charge in [0, 0.05) is 37.7 Å². The predicted octanol–water partition coefficient (Wildman–Crippen LogP) is 1.89. The molecule has 0 spiro atoms. The van der Waals surface area contributed by atoms with Crippen LogP contribution in [0.25, 0.3) is 0 Å². The van der Waals surface area contributed by atoms with Crippen molar-refractivity contribution in [2.24, 2.45) is 23.7 Å². The van der Waals surface area contributed by atoms with E-state index in [4.69, 9.17) is 23.7 Å². The number of methoxy groups -OCH3 is 1. The Morgan fingerprint density at radius 3 is 2.34 bits per heavy atom. The van der Waals surface area contributed by atoms with E-state index < -0.39 is 65.7 Å². The number of alkyl carbamates (subject to hydrolysis) is 1. The average molecular weight is 669 g/mol. The SMILES string of the molecule is CC[C@H]1OC(=O)[C@H](C)C(=O)[C@H](C)[C@@H](O[C@@H]2OC(CN[C@H]3C[C@@H]3C)CC(NC)C2O)[C@](C)(OC)C[C@@H](C)CN[C@H](C)[C@H]2NC(=O)O[C@@]21C. The molecule has 0 aromatic heterocycles. The van der Waals surface area contributed by atoms with E-state index in [2.05, 4.69) is 35.1 Å². The molecule has 4 aliphatic rings. The van der Waals surface area contributed by atoms with Crippen LogP contribution in [0.5, 0.6) is 0 Å². The number of rotatable bonds is 8. The maximum absolute atomic E-state index is 14.1. The van der Waals surface area contributed by atoms with E-state index in [0.717, 1.165) is 6.42 Å². The lowest BCUT2D eigenvalue weighted by molar-refractivity contribution is -0.291. The number of hydrogen-bond acceptors (Lipinski definition) is 12. The zero-order valence-corrected chi connectivity index (χ0v) is 30.0. The number of carbonyl (C=O) groups is 3. The second-order valence-corrected chi connectivity index (χ2v) is 15.0. The molecule has 0 aromatic rings. The Morgan fingerprint density at radius 2 is 1.74 bits per heavy atom. The Kier molecular flexibility index (Phi) is 12.4. The third-order valence-corrected chi connectivity index (χ3v) is 11.2. The monoisotopic (exact) mass is 668 g/mol. The lowest BCUT2D eigenvalue weighted by atomic mass is 9.78. The standard InChI is InChI=1S/C34H60N4O9/c1-11-25-34(8)28(38-32(42)47-34)21(6)36-15-17(2)14-33(7,43-10)29(19(4)26(39)20(5)30(41)45-25)46-31-27(40)24(35-9)13-22(44-31)16-37-23-12-18(23)3/h17-25,27-29,31,35-37,40H,11-16H2,1-10H3,(H,38,42)/t17-,18+,19+,20-,21-,22?,23+,24?,25-,27?,28-,29-,31+,33-,34-/m1/s1. The molecule has 270 valence electrons. The number of ketones is 1. The maximum atomic E-state index is 14.1. The number of esters is 1. The van der Waals surface area contributed by atoms with Crippen molar-refractivity contribution in [3.63, 3.8) is 0 Å². The van der Waals surface area contributed by atoms with E-state index in [9.17, 15) is 19.5 Å². The van der Waals surface area contributed by atoms with E-state index in [0.29, 0.717) is 44.3 Å². The summed E-state index contributed by atoms with van der Waals surface area (Å²) in [7, 11) is 3.39. The largest absolute Gasteiger partial charge is 0.458 e. The Hall–Kier alpha value is -1.87. The van der Waals surface area contributed by atoms with Gasteiger partial charge in [0.2, 0.25) is 0 Å². The molecule has 3 unspecified atom stereocenters. The lowest BCUT2D eigenvalue weighted by Gasteiger charge is -2.46.